The molecule has 1 aliphatic rings. The molecular formula is C27H24F3N3O3S. The lowest BCUT2D eigenvalue weighted by atomic mass is 10.1. The zero-order valence-electron chi connectivity index (χ0n) is 19.9. The van der Waals surface area contributed by atoms with E-state index in [-0.39, 0.29) is 29.7 Å². The molecule has 0 spiro atoms. The van der Waals surface area contributed by atoms with E-state index in [0.29, 0.717) is 17.9 Å². The second-order valence-corrected chi connectivity index (χ2v) is 9.43. The highest BCUT2D eigenvalue weighted by atomic mass is 32.2. The first-order chi connectivity index (χ1) is 17.7. The Morgan fingerprint density at radius 2 is 1.84 bits per heavy atom. The number of hydrogen-bond donors (Lipinski definition) is 1. The van der Waals surface area contributed by atoms with Gasteiger partial charge in [0.05, 0.1) is 18.4 Å². The average molecular weight is 528 g/mol. The van der Waals surface area contributed by atoms with Crippen LogP contribution in [0.2, 0.25) is 0 Å². The fourth-order valence-electron chi connectivity index (χ4n) is 3.73. The third-order valence-electron chi connectivity index (χ3n) is 5.63. The number of hydrogen-bond acceptors (Lipinski definition) is 5. The molecule has 2 amide bonds. The summed E-state index contributed by atoms with van der Waals surface area (Å²) < 4.78 is 44.9. The third kappa shape index (κ3) is 6.91. The van der Waals surface area contributed by atoms with Gasteiger partial charge in [0.2, 0.25) is 11.8 Å². The van der Waals surface area contributed by atoms with E-state index >= 15 is 0 Å². The molecule has 192 valence electrons. The highest BCUT2D eigenvalue weighted by molar-refractivity contribution is 8.15. The number of aliphatic imine (C=N–C) groups is 1. The molecule has 1 unspecified atom stereocenters. The van der Waals surface area contributed by atoms with Crippen LogP contribution >= 0.6 is 11.8 Å². The molecule has 0 bridgehead atoms. The number of nitrogens with zero attached hydrogens (tertiary/aromatic N) is 2. The van der Waals surface area contributed by atoms with Gasteiger partial charge in [0.15, 0.2) is 5.17 Å². The number of amidine groups is 1. The van der Waals surface area contributed by atoms with E-state index in [2.05, 4.69) is 10.3 Å². The number of anilines is 1. The number of amides is 2. The molecule has 1 fully saturated rings. The number of alkyl halides is 3. The first-order valence-electron chi connectivity index (χ1n) is 11.4. The van der Waals surface area contributed by atoms with Gasteiger partial charge >= 0.3 is 6.18 Å². The number of carbonyl (C=O) groups excluding carboxylic acids is 2. The van der Waals surface area contributed by atoms with E-state index in [1.807, 2.05) is 30.3 Å². The number of nitrogens with one attached hydrogen (secondary N) is 1. The number of methoxy groups -OCH3 is 1. The van der Waals surface area contributed by atoms with E-state index in [1.165, 1.54) is 24.1 Å². The van der Waals surface area contributed by atoms with Crippen molar-refractivity contribution in [3.63, 3.8) is 0 Å². The van der Waals surface area contributed by atoms with Crippen molar-refractivity contribution >= 4 is 40.1 Å². The summed E-state index contributed by atoms with van der Waals surface area (Å²) in [5.41, 5.74) is 0.699. The summed E-state index contributed by atoms with van der Waals surface area (Å²) in [7, 11) is 1.51. The monoisotopic (exact) mass is 527 g/mol. The van der Waals surface area contributed by atoms with E-state index in [1.54, 1.807) is 24.3 Å². The van der Waals surface area contributed by atoms with Gasteiger partial charge in [0.1, 0.15) is 11.0 Å². The Labute approximate surface area is 216 Å². The Balaban J connectivity index is 1.59. The summed E-state index contributed by atoms with van der Waals surface area (Å²) in [6.07, 6.45) is -4.08. The molecule has 1 saturated heterocycles. The summed E-state index contributed by atoms with van der Waals surface area (Å²) in [6, 6.07) is 20.9. The van der Waals surface area contributed by atoms with Crippen LogP contribution in [0, 0.1) is 0 Å². The molecule has 6 nitrogen and oxygen atoms in total. The van der Waals surface area contributed by atoms with Crippen molar-refractivity contribution in [2.75, 3.05) is 19.0 Å². The topological polar surface area (TPSA) is 71.0 Å². The van der Waals surface area contributed by atoms with Crippen molar-refractivity contribution < 1.29 is 27.5 Å². The number of benzene rings is 3. The van der Waals surface area contributed by atoms with Gasteiger partial charge in [-0.05, 0) is 42.3 Å². The molecule has 37 heavy (non-hydrogen) atoms. The zero-order valence-corrected chi connectivity index (χ0v) is 20.7. The van der Waals surface area contributed by atoms with Gasteiger partial charge in [-0.1, -0.05) is 54.2 Å². The van der Waals surface area contributed by atoms with Gasteiger partial charge in [-0.2, -0.15) is 13.2 Å². The van der Waals surface area contributed by atoms with Crippen molar-refractivity contribution in [3.05, 3.63) is 90.0 Å². The van der Waals surface area contributed by atoms with Gasteiger partial charge in [-0.15, -0.1) is 0 Å². The molecule has 1 atom stereocenters. The molecule has 1 aliphatic heterocycles. The smallest absolute Gasteiger partial charge is 0.416 e. The lowest BCUT2D eigenvalue weighted by Gasteiger charge is -2.32. The summed E-state index contributed by atoms with van der Waals surface area (Å²) in [4.78, 5) is 32.0. The second kappa shape index (κ2) is 11.5. The number of rotatable bonds is 7. The molecule has 0 aliphatic carbocycles. The molecule has 0 radical (unpaired) electrons. The number of carbonyl (C=O) groups is 2. The lowest BCUT2D eigenvalue weighted by molar-refractivity contribution is -0.137. The molecule has 10 heteroatoms. The molecular weight excluding hydrogens is 503 g/mol. The summed E-state index contributed by atoms with van der Waals surface area (Å²) in [6.45, 7) is 0.276. The van der Waals surface area contributed by atoms with Crippen LogP contribution in [0.15, 0.2) is 83.9 Å². The quantitative estimate of drug-likeness (QED) is 0.414. The first-order valence-corrected chi connectivity index (χ1v) is 12.3. The Kier molecular flexibility index (Phi) is 8.17. The third-order valence-corrected chi connectivity index (χ3v) is 6.82. The number of thioether (sulfide) groups is 1. The largest absolute Gasteiger partial charge is 0.497 e. The van der Waals surface area contributed by atoms with Crippen molar-refractivity contribution in [1.82, 2.24) is 4.90 Å². The predicted molar refractivity (Wildman–Crippen MR) is 138 cm³/mol. The van der Waals surface area contributed by atoms with Gasteiger partial charge in [-0.3, -0.25) is 14.5 Å². The van der Waals surface area contributed by atoms with E-state index < -0.39 is 22.9 Å². The van der Waals surface area contributed by atoms with Gasteiger partial charge in [-0.25, -0.2) is 4.99 Å². The minimum Gasteiger partial charge on any atom is -0.497 e. The lowest BCUT2D eigenvalue weighted by Crippen LogP contribution is -2.46. The standard InChI is InChI=1S/C27H24F3N3O3S/c1-36-22-12-6-11-21(16-22)31-25(35)23-17-24(34)33(14-13-18-7-3-2-4-8-18)26(37-23)32-20-10-5-9-19(15-20)27(28,29)30/h2-12,15-16,23H,13-14,17H2,1H3,(H,31,35). The van der Waals surface area contributed by atoms with Gasteiger partial charge < -0.3 is 10.1 Å². The minimum absolute atomic E-state index is 0.0451. The molecule has 1 heterocycles. The van der Waals surface area contributed by atoms with Gasteiger partial charge in [0, 0.05) is 24.7 Å². The maximum absolute atomic E-state index is 13.2. The van der Waals surface area contributed by atoms with E-state index in [0.717, 1.165) is 29.5 Å². The average Bonchev–Trinajstić information content (AvgIpc) is 2.88. The molecule has 3 aromatic carbocycles. The van der Waals surface area contributed by atoms with Crippen molar-refractivity contribution in [3.8, 4) is 5.75 Å². The first kappa shape index (κ1) is 26.3. The molecule has 0 saturated carbocycles. The van der Waals surface area contributed by atoms with Crippen molar-refractivity contribution in [2.24, 2.45) is 4.99 Å². The van der Waals surface area contributed by atoms with Crippen LogP contribution in [-0.4, -0.2) is 40.8 Å². The van der Waals surface area contributed by atoms with Crippen LogP contribution in [-0.2, 0) is 22.2 Å². The Hall–Kier alpha value is -3.79. The van der Waals surface area contributed by atoms with E-state index in [4.69, 9.17) is 4.74 Å². The summed E-state index contributed by atoms with van der Waals surface area (Å²) in [5, 5.41) is 2.15. The van der Waals surface area contributed by atoms with Crippen LogP contribution in [0.3, 0.4) is 0 Å². The van der Waals surface area contributed by atoms with Crippen molar-refractivity contribution in [1.29, 1.82) is 0 Å². The number of ether oxygens (including phenoxy) is 1. The van der Waals surface area contributed by atoms with Crippen LogP contribution in [0.4, 0.5) is 24.5 Å². The fraction of sp³-hybridized carbons (Fsp3) is 0.222. The van der Waals surface area contributed by atoms with Gasteiger partial charge in [0.25, 0.3) is 0 Å². The highest BCUT2D eigenvalue weighted by Crippen LogP contribution is 2.34. The van der Waals surface area contributed by atoms with Crippen LogP contribution < -0.4 is 10.1 Å². The molecule has 3 aromatic rings. The second-order valence-electron chi connectivity index (χ2n) is 8.26. The maximum Gasteiger partial charge on any atom is 0.416 e. The molecule has 4 rings (SSSR count). The van der Waals surface area contributed by atoms with Crippen LogP contribution in [0.25, 0.3) is 0 Å². The zero-order chi connectivity index (χ0) is 26.4. The normalized spacial score (nSPS) is 17.1. The Bertz CT molecular complexity index is 1300. The van der Waals surface area contributed by atoms with E-state index in [9.17, 15) is 22.8 Å². The minimum atomic E-state index is -4.53. The molecule has 0 aromatic heterocycles. The SMILES string of the molecule is COc1cccc(NC(=O)C2CC(=O)N(CCc3ccccc3)C(=Nc3cccc(C(F)(F)F)c3)S2)c1. The number of halogens is 3. The molecule has 1 N–H and O–H groups in total. The summed E-state index contributed by atoms with van der Waals surface area (Å²) in [5.74, 6) is -0.179. The maximum atomic E-state index is 13.2. The highest BCUT2D eigenvalue weighted by Gasteiger charge is 2.36. The fourth-order valence-corrected chi connectivity index (χ4v) is 4.86. The van der Waals surface area contributed by atoms with Crippen LogP contribution in [0.1, 0.15) is 17.5 Å². The Morgan fingerprint density at radius 3 is 2.57 bits per heavy atom. The Morgan fingerprint density at radius 1 is 1.08 bits per heavy atom. The summed E-state index contributed by atoms with van der Waals surface area (Å²) >= 11 is 1.05. The van der Waals surface area contributed by atoms with Crippen LogP contribution in [0.5, 0.6) is 5.75 Å². The van der Waals surface area contributed by atoms with Crippen molar-refractivity contribution in [2.45, 2.75) is 24.3 Å². The predicted octanol–water partition coefficient (Wildman–Crippen LogP) is 5.92.